The van der Waals surface area contributed by atoms with Crippen LogP contribution in [-0.4, -0.2) is 42.2 Å². The summed E-state index contributed by atoms with van der Waals surface area (Å²) in [5, 5.41) is 5.69. The number of halogens is 3. The third kappa shape index (κ3) is 5.27. The van der Waals surface area contributed by atoms with Crippen molar-refractivity contribution in [1.29, 1.82) is 0 Å². The summed E-state index contributed by atoms with van der Waals surface area (Å²) in [5.74, 6) is -1.27. The lowest BCUT2D eigenvalue weighted by atomic mass is 10.1. The Kier molecular flexibility index (Phi) is 6.81. The lowest BCUT2D eigenvalue weighted by Gasteiger charge is -2.29. The van der Waals surface area contributed by atoms with E-state index in [1.165, 1.54) is 30.5 Å². The maximum absolute atomic E-state index is 14.4. The first-order valence-electron chi connectivity index (χ1n) is 10.1. The number of morpholine rings is 1. The van der Waals surface area contributed by atoms with E-state index < -0.39 is 11.7 Å². The topological polar surface area (TPSA) is 79.4 Å². The van der Waals surface area contributed by atoms with Crippen LogP contribution in [0.3, 0.4) is 0 Å². The van der Waals surface area contributed by atoms with Crippen molar-refractivity contribution >= 4 is 40.5 Å². The Morgan fingerprint density at radius 1 is 1.15 bits per heavy atom. The van der Waals surface area contributed by atoms with E-state index in [0.717, 1.165) is 6.08 Å². The molecule has 1 aliphatic rings. The highest BCUT2D eigenvalue weighted by Crippen LogP contribution is 2.31. The monoisotopic (exact) mass is 471 g/mol. The van der Waals surface area contributed by atoms with Crippen molar-refractivity contribution in [2.24, 2.45) is 0 Å². The van der Waals surface area contributed by atoms with Crippen LogP contribution in [0.2, 0.25) is 5.02 Å². The van der Waals surface area contributed by atoms with Crippen LogP contribution in [-0.2, 0) is 9.53 Å². The van der Waals surface area contributed by atoms with Crippen molar-refractivity contribution in [3.63, 3.8) is 0 Å². The third-order valence-corrected chi connectivity index (χ3v) is 5.26. The van der Waals surface area contributed by atoms with Crippen LogP contribution < -0.4 is 15.5 Å². The van der Waals surface area contributed by atoms with E-state index in [9.17, 15) is 13.6 Å². The van der Waals surface area contributed by atoms with E-state index in [0.29, 0.717) is 48.9 Å². The first-order chi connectivity index (χ1) is 15.9. The minimum absolute atomic E-state index is 0.0322. The van der Waals surface area contributed by atoms with Crippen molar-refractivity contribution < 1.29 is 18.3 Å². The second kappa shape index (κ2) is 9.93. The molecular weight excluding hydrogens is 452 g/mol. The van der Waals surface area contributed by atoms with Gasteiger partial charge in [-0.2, -0.15) is 0 Å². The van der Waals surface area contributed by atoms with Gasteiger partial charge in [-0.25, -0.2) is 18.7 Å². The zero-order valence-electron chi connectivity index (χ0n) is 17.4. The van der Waals surface area contributed by atoms with Crippen LogP contribution in [0, 0.1) is 11.6 Å². The van der Waals surface area contributed by atoms with Gasteiger partial charge >= 0.3 is 0 Å². The fourth-order valence-electron chi connectivity index (χ4n) is 3.35. The van der Waals surface area contributed by atoms with Gasteiger partial charge in [0.2, 0.25) is 11.9 Å². The van der Waals surface area contributed by atoms with E-state index in [1.807, 2.05) is 4.90 Å². The summed E-state index contributed by atoms with van der Waals surface area (Å²) in [7, 11) is 0. The molecule has 1 amide bonds. The average molecular weight is 472 g/mol. The Morgan fingerprint density at radius 2 is 1.91 bits per heavy atom. The summed E-state index contributed by atoms with van der Waals surface area (Å²) in [6.07, 6.45) is 2.45. The molecule has 7 nitrogen and oxygen atoms in total. The zero-order chi connectivity index (χ0) is 23.4. The maximum atomic E-state index is 14.4. The Balaban J connectivity index is 1.61. The normalized spacial score (nSPS) is 13.5. The van der Waals surface area contributed by atoms with Gasteiger partial charge in [-0.15, -0.1) is 0 Å². The maximum Gasteiger partial charge on any atom is 0.247 e. The summed E-state index contributed by atoms with van der Waals surface area (Å²) < 4.78 is 33.8. The van der Waals surface area contributed by atoms with Gasteiger partial charge in [-0.05, 0) is 42.5 Å². The van der Waals surface area contributed by atoms with Crippen molar-refractivity contribution in [1.82, 2.24) is 9.97 Å². The number of ether oxygens (including phenoxy) is 1. The minimum Gasteiger partial charge on any atom is -0.378 e. The number of hydrogen-bond donors (Lipinski definition) is 2. The number of amides is 1. The van der Waals surface area contributed by atoms with E-state index in [2.05, 4.69) is 27.2 Å². The predicted octanol–water partition coefficient (Wildman–Crippen LogP) is 4.78. The van der Waals surface area contributed by atoms with Gasteiger partial charge < -0.3 is 20.3 Å². The summed E-state index contributed by atoms with van der Waals surface area (Å²) in [4.78, 5) is 22.1. The Labute approximate surface area is 194 Å². The predicted molar refractivity (Wildman–Crippen MR) is 124 cm³/mol. The largest absolute Gasteiger partial charge is 0.378 e. The number of carbonyl (C=O) groups is 1. The molecule has 1 aromatic heterocycles. The Morgan fingerprint density at radius 3 is 2.67 bits per heavy atom. The van der Waals surface area contributed by atoms with Gasteiger partial charge in [0.25, 0.3) is 0 Å². The highest BCUT2D eigenvalue weighted by atomic mass is 35.5. The van der Waals surface area contributed by atoms with Crippen molar-refractivity contribution in [3.05, 3.63) is 71.9 Å². The van der Waals surface area contributed by atoms with Gasteiger partial charge in [0.1, 0.15) is 11.6 Å². The third-order valence-electron chi connectivity index (χ3n) is 4.98. The van der Waals surface area contributed by atoms with Gasteiger partial charge in [0, 0.05) is 24.3 Å². The summed E-state index contributed by atoms with van der Waals surface area (Å²) in [5.41, 5.74) is 1.82. The molecule has 0 aliphatic carbocycles. The lowest BCUT2D eigenvalue weighted by molar-refractivity contribution is -0.111. The first-order valence-corrected chi connectivity index (χ1v) is 10.5. The number of rotatable bonds is 6. The van der Waals surface area contributed by atoms with Crippen LogP contribution in [0.15, 0.2) is 55.3 Å². The smallest absolute Gasteiger partial charge is 0.247 e. The number of aromatic nitrogens is 2. The highest BCUT2D eigenvalue weighted by Gasteiger charge is 2.17. The molecule has 0 bridgehead atoms. The molecule has 0 atom stereocenters. The molecule has 33 heavy (non-hydrogen) atoms. The molecule has 1 aliphatic heterocycles. The summed E-state index contributed by atoms with van der Waals surface area (Å²) >= 11 is 6.29. The molecule has 0 unspecified atom stereocenters. The lowest BCUT2D eigenvalue weighted by Crippen LogP contribution is -2.36. The first kappa shape index (κ1) is 22.6. The van der Waals surface area contributed by atoms with E-state index in [-0.39, 0.29) is 22.5 Å². The fourth-order valence-corrected chi connectivity index (χ4v) is 3.55. The molecule has 170 valence electrons. The molecular formula is C23H20ClF2N5O2. The van der Waals surface area contributed by atoms with Crippen molar-refractivity contribution in [2.45, 2.75) is 0 Å². The number of nitrogens with zero attached hydrogens (tertiary/aromatic N) is 3. The summed E-state index contributed by atoms with van der Waals surface area (Å²) in [6.45, 7) is 5.62. The second-order valence-electron chi connectivity index (χ2n) is 7.17. The van der Waals surface area contributed by atoms with Crippen LogP contribution in [0.1, 0.15) is 0 Å². The Bertz CT molecular complexity index is 1200. The van der Waals surface area contributed by atoms with Crippen LogP contribution in [0.4, 0.5) is 31.8 Å². The molecule has 2 heterocycles. The van der Waals surface area contributed by atoms with E-state index in [4.69, 9.17) is 16.3 Å². The standard InChI is InChI=1S/C23H20ClF2N5O2/c1-2-21(32)29-19-11-14(3-5-17(19)25)22-16(24)13-27-23(30-22)28-15-4-6-18(26)20(12-15)31-7-9-33-10-8-31/h2-6,11-13H,1,7-10H2,(H,29,32)(H,27,28,30). The molecule has 0 saturated carbocycles. The van der Waals surface area contributed by atoms with Gasteiger partial charge in [0.05, 0.1) is 41.5 Å². The molecule has 0 spiro atoms. The van der Waals surface area contributed by atoms with Crippen LogP contribution >= 0.6 is 11.6 Å². The zero-order valence-corrected chi connectivity index (χ0v) is 18.2. The summed E-state index contributed by atoms with van der Waals surface area (Å²) in [6, 6.07) is 8.75. The van der Waals surface area contributed by atoms with Crippen LogP contribution in [0.5, 0.6) is 0 Å². The van der Waals surface area contributed by atoms with E-state index in [1.54, 1.807) is 12.1 Å². The number of nitrogens with one attached hydrogen (secondary N) is 2. The fraction of sp³-hybridized carbons (Fsp3) is 0.174. The molecule has 3 aromatic rings. The quantitative estimate of drug-likeness (QED) is 0.504. The minimum atomic E-state index is -0.612. The molecule has 2 aromatic carbocycles. The number of hydrogen-bond acceptors (Lipinski definition) is 6. The number of carbonyl (C=O) groups excluding carboxylic acids is 1. The van der Waals surface area contributed by atoms with Gasteiger partial charge in [-0.1, -0.05) is 18.2 Å². The van der Waals surface area contributed by atoms with E-state index >= 15 is 0 Å². The molecule has 2 N–H and O–H groups in total. The SMILES string of the molecule is C=CC(=O)Nc1cc(-c2nc(Nc3ccc(F)c(N4CCOCC4)c3)ncc2Cl)ccc1F. The average Bonchev–Trinajstić information content (AvgIpc) is 2.83. The van der Waals surface area contributed by atoms with Gasteiger partial charge in [-0.3, -0.25) is 4.79 Å². The molecule has 0 radical (unpaired) electrons. The molecule has 4 rings (SSSR count). The van der Waals surface area contributed by atoms with Crippen molar-refractivity contribution in [2.75, 3.05) is 41.8 Å². The highest BCUT2D eigenvalue weighted by molar-refractivity contribution is 6.33. The van der Waals surface area contributed by atoms with Gasteiger partial charge in [0.15, 0.2) is 0 Å². The van der Waals surface area contributed by atoms with Crippen LogP contribution in [0.25, 0.3) is 11.3 Å². The molecule has 1 fully saturated rings. The molecule has 10 heteroatoms. The number of anilines is 4. The van der Waals surface area contributed by atoms with Crippen molar-refractivity contribution in [3.8, 4) is 11.3 Å². The second-order valence-corrected chi connectivity index (χ2v) is 7.58. The Hall–Kier alpha value is -3.56. The number of benzene rings is 2. The molecule has 1 saturated heterocycles.